The van der Waals surface area contributed by atoms with Crippen molar-refractivity contribution in [1.29, 1.82) is 0 Å². The van der Waals surface area contributed by atoms with E-state index >= 15 is 0 Å². The molecule has 0 radical (unpaired) electrons. The van der Waals surface area contributed by atoms with Gasteiger partial charge in [-0.15, -0.1) is 0 Å². The van der Waals surface area contributed by atoms with Crippen molar-refractivity contribution >= 4 is 33.4 Å². The number of para-hydroxylation sites is 1. The van der Waals surface area contributed by atoms with E-state index in [1.807, 2.05) is 45.0 Å². The van der Waals surface area contributed by atoms with Gasteiger partial charge in [-0.3, -0.25) is 9.59 Å². The Kier molecular flexibility index (Phi) is 4.18. The molecule has 2 amide bonds. The lowest BCUT2D eigenvalue weighted by atomic mass is 10.1. The quantitative estimate of drug-likeness (QED) is 0.890. The van der Waals surface area contributed by atoms with Crippen LogP contribution in [0.1, 0.15) is 27.2 Å². The van der Waals surface area contributed by atoms with Gasteiger partial charge in [0.15, 0.2) is 0 Å². The van der Waals surface area contributed by atoms with E-state index in [1.165, 1.54) is 0 Å². The first-order valence-electron chi connectivity index (χ1n) is 6.65. The Hall–Kier alpha value is -1.36. The summed E-state index contributed by atoms with van der Waals surface area (Å²) < 4.78 is 0.838. The molecule has 0 heterocycles. The Morgan fingerprint density at radius 3 is 2.35 bits per heavy atom. The first kappa shape index (κ1) is 15.0. The molecule has 108 valence electrons. The zero-order valence-electron chi connectivity index (χ0n) is 11.9. The second-order valence-electron chi connectivity index (χ2n) is 6.16. The molecule has 0 bridgehead atoms. The van der Waals surface area contributed by atoms with Crippen molar-refractivity contribution in [2.24, 2.45) is 11.8 Å². The number of carbonyl (C=O) groups excluding carboxylic acids is 2. The van der Waals surface area contributed by atoms with Crippen molar-refractivity contribution in [2.75, 3.05) is 5.32 Å². The van der Waals surface area contributed by atoms with E-state index in [9.17, 15) is 9.59 Å². The van der Waals surface area contributed by atoms with E-state index in [0.717, 1.165) is 10.2 Å². The summed E-state index contributed by atoms with van der Waals surface area (Å²) in [5.74, 6) is -0.545. The number of nitrogens with one attached hydrogen (secondary N) is 2. The number of hydrogen-bond acceptors (Lipinski definition) is 2. The van der Waals surface area contributed by atoms with Crippen LogP contribution < -0.4 is 10.6 Å². The summed E-state index contributed by atoms with van der Waals surface area (Å²) in [5.41, 5.74) is 0.475. The number of amides is 2. The minimum Gasteiger partial charge on any atom is -0.351 e. The molecule has 1 aromatic carbocycles. The monoisotopic (exact) mass is 338 g/mol. The van der Waals surface area contributed by atoms with Crippen LogP contribution >= 0.6 is 15.9 Å². The molecule has 0 saturated heterocycles. The van der Waals surface area contributed by atoms with Gasteiger partial charge in [-0.25, -0.2) is 0 Å². The zero-order chi connectivity index (χ0) is 14.9. The van der Waals surface area contributed by atoms with E-state index in [1.54, 1.807) is 0 Å². The van der Waals surface area contributed by atoms with Crippen LogP contribution in [0.3, 0.4) is 0 Å². The van der Waals surface area contributed by atoms with Crippen LogP contribution in [-0.4, -0.2) is 17.4 Å². The Bertz CT molecular complexity index is 537. The van der Waals surface area contributed by atoms with Gasteiger partial charge in [0.2, 0.25) is 11.8 Å². The smallest absolute Gasteiger partial charge is 0.228 e. The number of rotatable bonds is 3. The third kappa shape index (κ3) is 3.82. The first-order valence-corrected chi connectivity index (χ1v) is 7.44. The van der Waals surface area contributed by atoms with Crippen molar-refractivity contribution in [3.63, 3.8) is 0 Å². The molecular weight excluding hydrogens is 320 g/mol. The maximum Gasteiger partial charge on any atom is 0.228 e. The molecule has 1 saturated carbocycles. The highest BCUT2D eigenvalue weighted by Gasteiger charge is 2.48. The minimum atomic E-state index is -0.261. The average molecular weight is 339 g/mol. The Labute approximate surface area is 127 Å². The highest BCUT2D eigenvalue weighted by atomic mass is 79.9. The molecule has 1 fully saturated rings. The molecule has 1 aliphatic carbocycles. The average Bonchev–Trinajstić information content (AvgIpc) is 3.10. The number of hydrogen-bond donors (Lipinski definition) is 2. The van der Waals surface area contributed by atoms with Gasteiger partial charge in [0.25, 0.3) is 0 Å². The van der Waals surface area contributed by atoms with Crippen molar-refractivity contribution in [3.8, 4) is 0 Å². The lowest BCUT2D eigenvalue weighted by Crippen LogP contribution is -2.42. The number of benzene rings is 1. The molecule has 2 N–H and O–H groups in total. The van der Waals surface area contributed by atoms with Gasteiger partial charge in [0, 0.05) is 10.0 Å². The van der Waals surface area contributed by atoms with Crippen LogP contribution in [0.2, 0.25) is 0 Å². The van der Waals surface area contributed by atoms with E-state index in [0.29, 0.717) is 6.42 Å². The largest absolute Gasteiger partial charge is 0.351 e. The predicted octanol–water partition coefficient (Wildman–Crippen LogP) is 2.94. The third-order valence-electron chi connectivity index (χ3n) is 3.09. The lowest BCUT2D eigenvalue weighted by Gasteiger charge is -2.20. The van der Waals surface area contributed by atoms with Crippen LogP contribution in [0, 0.1) is 11.8 Å². The molecule has 0 aromatic heterocycles. The van der Waals surface area contributed by atoms with Crippen LogP contribution in [0.4, 0.5) is 5.69 Å². The van der Waals surface area contributed by atoms with Gasteiger partial charge in [0.1, 0.15) is 0 Å². The van der Waals surface area contributed by atoms with Gasteiger partial charge in [-0.05, 0) is 55.3 Å². The number of anilines is 1. The molecule has 2 unspecified atom stereocenters. The van der Waals surface area contributed by atoms with Gasteiger partial charge in [0.05, 0.1) is 17.5 Å². The maximum absolute atomic E-state index is 12.1. The summed E-state index contributed by atoms with van der Waals surface area (Å²) in [7, 11) is 0. The van der Waals surface area contributed by atoms with Gasteiger partial charge < -0.3 is 10.6 Å². The normalized spacial score (nSPS) is 21.2. The molecule has 1 aromatic rings. The molecule has 5 heteroatoms. The summed E-state index contributed by atoms with van der Waals surface area (Å²) in [6.45, 7) is 5.80. The maximum atomic E-state index is 12.1. The van der Waals surface area contributed by atoms with Crippen molar-refractivity contribution in [3.05, 3.63) is 28.7 Å². The van der Waals surface area contributed by atoms with Crippen LogP contribution in [-0.2, 0) is 9.59 Å². The molecule has 4 nitrogen and oxygen atoms in total. The fourth-order valence-corrected chi connectivity index (χ4v) is 2.41. The van der Waals surface area contributed by atoms with Crippen LogP contribution in [0.25, 0.3) is 0 Å². The molecular formula is C15H19BrN2O2. The molecule has 0 aliphatic heterocycles. The highest BCUT2D eigenvalue weighted by molar-refractivity contribution is 9.10. The Morgan fingerprint density at radius 1 is 1.15 bits per heavy atom. The SMILES string of the molecule is CC(C)(C)NC(=O)C1CC1C(=O)Nc1ccccc1Br. The van der Waals surface area contributed by atoms with Crippen molar-refractivity contribution < 1.29 is 9.59 Å². The summed E-state index contributed by atoms with van der Waals surface area (Å²) in [5, 5.41) is 5.77. The molecule has 2 atom stereocenters. The van der Waals surface area contributed by atoms with Crippen molar-refractivity contribution in [2.45, 2.75) is 32.7 Å². The van der Waals surface area contributed by atoms with Crippen molar-refractivity contribution in [1.82, 2.24) is 5.32 Å². The van der Waals surface area contributed by atoms with Crippen LogP contribution in [0.15, 0.2) is 28.7 Å². The van der Waals surface area contributed by atoms with E-state index in [4.69, 9.17) is 0 Å². The standard InChI is InChI=1S/C15H19BrN2O2/c1-15(2,3)18-14(20)10-8-9(10)13(19)17-12-7-5-4-6-11(12)16/h4-7,9-10H,8H2,1-3H3,(H,17,19)(H,18,20). The fraction of sp³-hybridized carbons (Fsp3) is 0.467. The van der Waals surface area contributed by atoms with E-state index < -0.39 is 0 Å². The Balaban J connectivity index is 1.91. The second-order valence-corrected chi connectivity index (χ2v) is 7.01. The van der Waals surface area contributed by atoms with Gasteiger partial charge in [-0.1, -0.05) is 12.1 Å². The third-order valence-corrected chi connectivity index (χ3v) is 3.79. The summed E-state index contributed by atoms with van der Waals surface area (Å²) in [4.78, 5) is 24.1. The fourth-order valence-electron chi connectivity index (χ4n) is 2.02. The summed E-state index contributed by atoms with van der Waals surface area (Å²) >= 11 is 3.38. The van der Waals surface area contributed by atoms with Gasteiger partial charge >= 0.3 is 0 Å². The predicted molar refractivity (Wildman–Crippen MR) is 82.3 cm³/mol. The first-order chi connectivity index (χ1) is 9.28. The van der Waals surface area contributed by atoms with Crippen LogP contribution in [0.5, 0.6) is 0 Å². The lowest BCUT2D eigenvalue weighted by molar-refractivity contribution is -0.126. The highest BCUT2D eigenvalue weighted by Crippen LogP contribution is 2.40. The minimum absolute atomic E-state index is 0.0372. The molecule has 20 heavy (non-hydrogen) atoms. The van der Waals surface area contributed by atoms with E-state index in [-0.39, 0.29) is 29.2 Å². The van der Waals surface area contributed by atoms with Gasteiger partial charge in [-0.2, -0.15) is 0 Å². The summed E-state index contributed by atoms with van der Waals surface area (Å²) in [6, 6.07) is 7.44. The zero-order valence-corrected chi connectivity index (χ0v) is 13.5. The molecule has 2 rings (SSSR count). The topological polar surface area (TPSA) is 58.2 Å². The van der Waals surface area contributed by atoms with E-state index in [2.05, 4.69) is 26.6 Å². The summed E-state index contributed by atoms with van der Waals surface area (Å²) in [6.07, 6.45) is 0.623. The second kappa shape index (κ2) is 5.56. The number of halogens is 1. The molecule has 1 aliphatic rings. The Morgan fingerprint density at radius 2 is 1.75 bits per heavy atom. The number of carbonyl (C=O) groups is 2. The molecule has 0 spiro atoms.